The number of anilines is 2. The van der Waals surface area contributed by atoms with Crippen molar-refractivity contribution in [3.8, 4) is 5.75 Å². The molecule has 2 heterocycles. The summed E-state index contributed by atoms with van der Waals surface area (Å²) in [5.41, 5.74) is 2.20. The van der Waals surface area contributed by atoms with Gasteiger partial charge in [-0.25, -0.2) is 4.98 Å². The summed E-state index contributed by atoms with van der Waals surface area (Å²) in [5.74, 6) is 1.21. The summed E-state index contributed by atoms with van der Waals surface area (Å²) in [6.45, 7) is 7.01. The Morgan fingerprint density at radius 2 is 2.07 bits per heavy atom. The maximum atomic E-state index is 11.1. The smallest absolute Gasteiger partial charge is 0.222 e. The summed E-state index contributed by atoms with van der Waals surface area (Å²) >= 11 is 6.18. The first kappa shape index (κ1) is 20.4. The van der Waals surface area contributed by atoms with Crippen molar-refractivity contribution >= 4 is 29.0 Å². The Morgan fingerprint density at radius 3 is 2.71 bits per heavy atom. The van der Waals surface area contributed by atoms with Gasteiger partial charge in [-0.2, -0.15) is 0 Å². The van der Waals surface area contributed by atoms with E-state index < -0.39 is 0 Å². The monoisotopic (exact) mass is 402 g/mol. The molecule has 0 radical (unpaired) electrons. The summed E-state index contributed by atoms with van der Waals surface area (Å²) in [6, 6.07) is 10.2. The van der Waals surface area contributed by atoms with Gasteiger partial charge in [0.05, 0.1) is 23.5 Å². The normalized spacial score (nSPS) is 15.2. The number of nitrogens with zero attached hydrogens (tertiary/aromatic N) is 2. The van der Waals surface area contributed by atoms with E-state index in [1.165, 1.54) is 12.5 Å². The number of pyridine rings is 1. The Morgan fingerprint density at radius 1 is 1.29 bits per heavy atom. The van der Waals surface area contributed by atoms with Crippen molar-refractivity contribution in [2.75, 3.05) is 30.3 Å². The van der Waals surface area contributed by atoms with E-state index in [9.17, 15) is 4.79 Å². The molecule has 1 fully saturated rings. The van der Waals surface area contributed by atoms with Crippen LogP contribution in [0.4, 0.5) is 11.5 Å². The standard InChI is InChI=1S/C21H27ClN4O2/c1-3-28-20-12-16(4-6-19(20)22)14-26-10-8-17(9-11-26)25-18-5-7-21(23-13-18)24-15(2)27/h4-7,12-13,17,25H,3,8-11,14H2,1-2H3,(H,23,24,27). The fraction of sp³-hybridized carbons (Fsp3) is 0.429. The van der Waals surface area contributed by atoms with Gasteiger partial charge in [-0.05, 0) is 49.6 Å². The Bertz CT molecular complexity index is 789. The number of ether oxygens (including phenoxy) is 1. The molecule has 6 nitrogen and oxygen atoms in total. The van der Waals surface area contributed by atoms with Crippen LogP contribution < -0.4 is 15.4 Å². The van der Waals surface area contributed by atoms with E-state index in [-0.39, 0.29) is 5.91 Å². The van der Waals surface area contributed by atoms with Crippen molar-refractivity contribution in [2.24, 2.45) is 0 Å². The Hall–Kier alpha value is -2.31. The van der Waals surface area contributed by atoms with Crippen LogP contribution in [-0.2, 0) is 11.3 Å². The molecule has 0 atom stereocenters. The maximum Gasteiger partial charge on any atom is 0.222 e. The fourth-order valence-corrected chi connectivity index (χ4v) is 3.55. The molecule has 0 aliphatic carbocycles. The fourth-order valence-electron chi connectivity index (χ4n) is 3.38. The summed E-state index contributed by atoms with van der Waals surface area (Å²) in [5, 5.41) is 6.88. The summed E-state index contributed by atoms with van der Waals surface area (Å²) in [7, 11) is 0. The van der Waals surface area contributed by atoms with Crippen LogP contribution in [0, 0.1) is 0 Å². The molecule has 0 bridgehead atoms. The third-order valence-corrected chi connectivity index (χ3v) is 5.04. The summed E-state index contributed by atoms with van der Waals surface area (Å²) in [6.07, 6.45) is 3.90. The van der Waals surface area contributed by atoms with Crippen molar-refractivity contribution in [1.29, 1.82) is 0 Å². The number of halogens is 1. The number of likely N-dealkylation sites (tertiary alicyclic amines) is 1. The van der Waals surface area contributed by atoms with E-state index in [4.69, 9.17) is 16.3 Å². The Labute approximate surface area is 171 Å². The molecule has 7 heteroatoms. The van der Waals surface area contributed by atoms with E-state index in [1.807, 2.05) is 31.2 Å². The van der Waals surface area contributed by atoms with Crippen LogP contribution in [0.1, 0.15) is 32.3 Å². The van der Waals surface area contributed by atoms with Crippen LogP contribution in [0.2, 0.25) is 5.02 Å². The predicted octanol–water partition coefficient (Wildman–Crippen LogP) is 4.17. The molecule has 28 heavy (non-hydrogen) atoms. The first-order valence-electron chi connectivity index (χ1n) is 9.67. The van der Waals surface area contributed by atoms with Gasteiger partial charge in [-0.1, -0.05) is 17.7 Å². The average molecular weight is 403 g/mol. The van der Waals surface area contributed by atoms with Crippen molar-refractivity contribution in [3.63, 3.8) is 0 Å². The third-order valence-electron chi connectivity index (χ3n) is 4.73. The third kappa shape index (κ3) is 5.84. The highest BCUT2D eigenvalue weighted by Gasteiger charge is 2.19. The highest BCUT2D eigenvalue weighted by molar-refractivity contribution is 6.32. The minimum absolute atomic E-state index is 0.116. The summed E-state index contributed by atoms with van der Waals surface area (Å²) < 4.78 is 5.59. The molecule has 2 aromatic rings. The number of amides is 1. The quantitative estimate of drug-likeness (QED) is 0.727. The lowest BCUT2D eigenvalue weighted by Gasteiger charge is -2.33. The number of hydrogen-bond acceptors (Lipinski definition) is 5. The van der Waals surface area contributed by atoms with Gasteiger partial charge in [0.15, 0.2) is 0 Å². The largest absolute Gasteiger partial charge is 0.492 e. The highest BCUT2D eigenvalue weighted by Crippen LogP contribution is 2.27. The number of carbonyl (C=O) groups is 1. The lowest BCUT2D eigenvalue weighted by molar-refractivity contribution is -0.114. The number of rotatable bonds is 7. The van der Waals surface area contributed by atoms with Gasteiger partial charge in [-0.15, -0.1) is 0 Å². The second kappa shape index (κ2) is 9.75. The lowest BCUT2D eigenvalue weighted by atomic mass is 10.0. The first-order chi connectivity index (χ1) is 13.5. The highest BCUT2D eigenvalue weighted by atomic mass is 35.5. The predicted molar refractivity (Wildman–Crippen MR) is 113 cm³/mol. The van der Waals surface area contributed by atoms with Crippen LogP contribution in [0.25, 0.3) is 0 Å². The Kier molecular flexibility index (Phi) is 7.12. The SMILES string of the molecule is CCOc1cc(CN2CCC(Nc3ccc(NC(C)=O)nc3)CC2)ccc1Cl. The first-order valence-corrected chi connectivity index (χ1v) is 10.0. The van der Waals surface area contributed by atoms with E-state index >= 15 is 0 Å². The molecule has 0 unspecified atom stereocenters. The minimum Gasteiger partial charge on any atom is -0.492 e. The number of nitrogens with one attached hydrogen (secondary N) is 2. The van der Waals surface area contributed by atoms with Gasteiger partial charge in [0.25, 0.3) is 0 Å². The van der Waals surface area contributed by atoms with Crippen LogP contribution in [0.5, 0.6) is 5.75 Å². The van der Waals surface area contributed by atoms with Gasteiger partial charge < -0.3 is 15.4 Å². The number of piperidine rings is 1. The van der Waals surface area contributed by atoms with Crippen molar-refractivity contribution in [3.05, 3.63) is 47.1 Å². The second-order valence-corrected chi connectivity index (χ2v) is 7.41. The van der Waals surface area contributed by atoms with Gasteiger partial charge in [0.1, 0.15) is 11.6 Å². The van der Waals surface area contributed by atoms with Crippen molar-refractivity contribution < 1.29 is 9.53 Å². The molecule has 1 saturated heterocycles. The molecular formula is C21H27ClN4O2. The molecule has 0 saturated carbocycles. The minimum atomic E-state index is -0.116. The topological polar surface area (TPSA) is 66.5 Å². The second-order valence-electron chi connectivity index (χ2n) is 7.01. The number of carbonyl (C=O) groups excluding carboxylic acids is 1. The van der Waals surface area contributed by atoms with Gasteiger partial charge >= 0.3 is 0 Å². The molecule has 1 aliphatic heterocycles. The van der Waals surface area contributed by atoms with Crippen molar-refractivity contribution in [1.82, 2.24) is 9.88 Å². The molecule has 1 aliphatic rings. The molecule has 1 amide bonds. The van der Waals surface area contributed by atoms with Crippen LogP contribution in [0.3, 0.4) is 0 Å². The zero-order chi connectivity index (χ0) is 19.9. The van der Waals surface area contributed by atoms with Crippen LogP contribution in [-0.4, -0.2) is 41.5 Å². The van der Waals surface area contributed by atoms with E-state index in [0.29, 0.717) is 23.5 Å². The van der Waals surface area contributed by atoms with Gasteiger partial charge in [0, 0.05) is 32.6 Å². The molecule has 2 N–H and O–H groups in total. The van der Waals surface area contributed by atoms with Crippen molar-refractivity contribution in [2.45, 2.75) is 39.3 Å². The zero-order valence-corrected chi connectivity index (χ0v) is 17.1. The molecule has 1 aromatic carbocycles. The van der Waals surface area contributed by atoms with Crippen LogP contribution >= 0.6 is 11.6 Å². The lowest BCUT2D eigenvalue weighted by Crippen LogP contribution is -2.38. The number of benzene rings is 1. The van der Waals surface area contributed by atoms with Crippen LogP contribution in [0.15, 0.2) is 36.5 Å². The summed E-state index contributed by atoms with van der Waals surface area (Å²) in [4.78, 5) is 17.8. The van der Waals surface area contributed by atoms with E-state index in [1.54, 1.807) is 6.20 Å². The maximum absolute atomic E-state index is 11.1. The molecule has 1 aromatic heterocycles. The molecular weight excluding hydrogens is 376 g/mol. The Balaban J connectivity index is 1.48. The molecule has 0 spiro atoms. The molecule has 150 valence electrons. The zero-order valence-electron chi connectivity index (χ0n) is 16.4. The number of aromatic nitrogens is 1. The van der Waals surface area contributed by atoms with E-state index in [0.717, 1.165) is 43.9 Å². The number of hydrogen-bond donors (Lipinski definition) is 2. The van der Waals surface area contributed by atoms with Gasteiger partial charge in [0.2, 0.25) is 5.91 Å². The average Bonchev–Trinajstić information content (AvgIpc) is 2.67. The van der Waals surface area contributed by atoms with E-state index in [2.05, 4.69) is 26.6 Å². The van der Waals surface area contributed by atoms with Gasteiger partial charge in [-0.3, -0.25) is 9.69 Å². The molecule has 3 rings (SSSR count).